The Morgan fingerprint density at radius 1 is 1.00 bits per heavy atom. The number of nitrogens with one attached hydrogen (secondary N) is 2. The molecule has 6 nitrogen and oxygen atoms in total. The first kappa shape index (κ1) is 15.7. The van der Waals surface area contributed by atoms with Gasteiger partial charge in [0.15, 0.2) is 0 Å². The minimum Gasteiger partial charge on any atom is -0.508 e. The molecule has 0 saturated carbocycles. The van der Waals surface area contributed by atoms with E-state index in [1.807, 2.05) is 30.3 Å². The Kier molecular flexibility index (Phi) is 4.11. The van der Waals surface area contributed by atoms with Crippen molar-refractivity contribution in [1.29, 1.82) is 0 Å². The van der Waals surface area contributed by atoms with E-state index in [1.165, 1.54) is 0 Å². The van der Waals surface area contributed by atoms with E-state index in [0.29, 0.717) is 5.95 Å². The van der Waals surface area contributed by atoms with E-state index in [4.69, 9.17) is 4.98 Å². The number of piperazine rings is 1. The first-order chi connectivity index (χ1) is 12.2. The number of rotatable bonds is 3. The second kappa shape index (κ2) is 6.57. The molecule has 3 aromatic rings. The fourth-order valence-corrected chi connectivity index (χ4v) is 3.13. The highest BCUT2D eigenvalue weighted by Gasteiger charge is 2.21. The predicted octanol–water partition coefficient (Wildman–Crippen LogP) is 1.41. The lowest BCUT2D eigenvalue weighted by Crippen LogP contribution is -3.12. The third-order valence-electron chi connectivity index (χ3n) is 4.62. The monoisotopic (exact) mass is 336 g/mol. The van der Waals surface area contributed by atoms with E-state index in [0.717, 1.165) is 48.6 Å². The molecular weight excluding hydrogens is 314 g/mol. The molecule has 25 heavy (non-hydrogen) atoms. The maximum atomic E-state index is 9.43. The third-order valence-corrected chi connectivity index (χ3v) is 4.62. The molecule has 0 radical (unpaired) electrons. The van der Waals surface area contributed by atoms with Crippen molar-refractivity contribution in [2.45, 2.75) is 0 Å². The number of benzene rings is 2. The van der Waals surface area contributed by atoms with Gasteiger partial charge in [0.25, 0.3) is 0 Å². The molecule has 0 aliphatic carbocycles. The maximum Gasteiger partial charge on any atom is 0.229 e. The van der Waals surface area contributed by atoms with Gasteiger partial charge in [-0.05, 0) is 36.4 Å². The van der Waals surface area contributed by atoms with Crippen LogP contribution < -0.4 is 15.1 Å². The van der Waals surface area contributed by atoms with Gasteiger partial charge in [0.05, 0.1) is 38.7 Å². The number of hydrogen-bond donors (Lipinski definition) is 3. The van der Waals surface area contributed by atoms with Gasteiger partial charge in [-0.25, -0.2) is 4.98 Å². The molecule has 0 amide bonds. The zero-order valence-electron chi connectivity index (χ0n) is 14.2. The number of nitrogens with zero attached hydrogens (tertiary/aromatic N) is 3. The summed E-state index contributed by atoms with van der Waals surface area (Å²) in [6, 6.07) is 15.0. The molecule has 1 fully saturated rings. The summed E-state index contributed by atoms with van der Waals surface area (Å²) in [5.74, 6) is 1.80. The van der Waals surface area contributed by atoms with Gasteiger partial charge in [0, 0.05) is 11.1 Å². The summed E-state index contributed by atoms with van der Waals surface area (Å²) in [5, 5.41) is 13.8. The highest BCUT2D eigenvalue weighted by molar-refractivity contribution is 5.90. The largest absolute Gasteiger partial charge is 0.508 e. The number of aromatic nitrogens is 2. The zero-order chi connectivity index (χ0) is 17.2. The normalized spacial score (nSPS) is 15.5. The number of likely N-dealkylation sites (N-methyl/N-ethyl adjacent to an activating group) is 1. The van der Waals surface area contributed by atoms with Crippen LogP contribution in [0.15, 0.2) is 48.5 Å². The maximum absolute atomic E-state index is 9.43. The molecular formula is C19H22N5O+. The third kappa shape index (κ3) is 3.34. The van der Waals surface area contributed by atoms with E-state index in [1.54, 1.807) is 17.0 Å². The van der Waals surface area contributed by atoms with Crippen LogP contribution in [0.4, 0.5) is 17.5 Å². The molecule has 1 aliphatic rings. The number of fused-ring (bicyclic) bond motifs is 1. The summed E-state index contributed by atoms with van der Waals surface area (Å²) >= 11 is 0. The average molecular weight is 336 g/mol. The smallest absolute Gasteiger partial charge is 0.229 e. The van der Waals surface area contributed by atoms with Crippen LogP contribution in [-0.2, 0) is 0 Å². The van der Waals surface area contributed by atoms with Crippen LogP contribution in [0.2, 0.25) is 0 Å². The molecule has 2 aromatic carbocycles. The summed E-state index contributed by atoms with van der Waals surface area (Å²) in [5.41, 5.74) is 1.78. The van der Waals surface area contributed by atoms with Gasteiger partial charge in [0.2, 0.25) is 5.95 Å². The first-order valence-electron chi connectivity index (χ1n) is 8.58. The van der Waals surface area contributed by atoms with Crippen LogP contribution in [0.5, 0.6) is 5.75 Å². The SMILES string of the molecule is C[NH+]1CCN(c2nc(Nc3ccc(O)cc3)nc3ccccc23)CC1. The Balaban J connectivity index is 1.71. The molecule has 0 atom stereocenters. The molecule has 0 spiro atoms. The lowest BCUT2D eigenvalue weighted by Gasteiger charge is -2.31. The Bertz CT molecular complexity index is 873. The number of phenolic OH excluding ortho intramolecular Hbond substituents is 1. The molecule has 4 rings (SSSR count). The van der Waals surface area contributed by atoms with Crippen molar-refractivity contribution in [1.82, 2.24) is 9.97 Å². The van der Waals surface area contributed by atoms with Gasteiger partial charge in [-0.2, -0.15) is 4.98 Å². The van der Waals surface area contributed by atoms with Gasteiger partial charge < -0.3 is 20.2 Å². The van der Waals surface area contributed by atoms with Crippen molar-refractivity contribution < 1.29 is 10.0 Å². The lowest BCUT2D eigenvalue weighted by atomic mass is 10.2. The van der Waals surface area contributed by atoms with Gasteiger partial charge in [0.1, 0.15) is 11.6 Å². The van der Waals surface area contributed by atoms with Crippen LogP contribution in [0.3, 0.4) is 0 Å². The van der Waals surface area contributed by atoms with Crippen molar-refractivity contribution >= 4 is 28.4 Å². The fourth-order valence-electron chi connectivity index (χ4n) is 3.13. The zero-order valence-corrected chi connectivity index (χ0v) is 14.2. The molecule has 128 valence electrons. The number of para-hydroxylation sites is 1. The minimum absolute atomic E-state index is 0.241. The van der Waals surface area contributed by atoms with Crippen LogP contribution in [0, 0.1) is 0 Å². The van der Waals surface area contributed by atoms with E-state index >= 15 is 0 Å². The summed E-state index contributed by atoms with van der Waals surface area (Å²) in [6.45, 7) is 4.20. The van der Waals surface area contributed by atoms with E-state index in [-0.39, 0.29) is 5.75 Å². The molecule has 2 heterocycles. The Hall–Kier alpha value is -2.86. The molecule has 1 aromatic heterocycles. The van der Waals surface area contributed by atoms with Crippen molar-refractivity contribution in [2.24, 2.45) is 0 Å². The van der Waals surface area contributed by atoms with Gasteiger partial charge in [-0.3, -0.25) is 0 Å². The summed E-state index contributed by atoms with van der Waals surface area (Å²) in [4.78, 5) is 13.3. The van der Waals surface area contributed by atoms with E-state index < -0.39 is 0 Å². The minimum atomic E-state index is 0.241. The van der Waals surface area contributed by atoms with Crippen molar-refractivity contribution in [3.8, 4) is 5.75 Å². The topological polar surface area (TPSA) is 65.7 Å². The van der Waals surface area contributed by atoms with Crippen molar-refractivity contribution in [3.63, 3.8) is 0 Å². The quantitative estimate of drug-likeness (QED) is 0.631. The Morgan fingerprint density at radius 2 is 1.72 bits per heavy atom. The second-order valence-corrected chi connectivity index (χ2v) is 6.50. The highest BCUT2D eigenvalue weighted by Crippen LogP contribution is 2.27. The van der Waals surface area contributed by atoms with Crippen molar-refractivity contribution in [3.05, 3.63) is 48.5 Å². The number of anilines is 3. The van der Waals surface area contributed by atoms with E-state index in [2.05, 4.69) is 28.3 Å². The lowest BCUT2D eigenvalue weighted by molar-refractivity contribution is -0.880. The molecule has 1 aliphatic heterocycles. The molecule has 0 bridgehead atoms. The predicted molar refractivity (Wildman–Crippen MR) is 99.8 cm³/mol. The number of quaternary nitrogens is 1. The number of hydrogen-bond acceptors (Lipinski definition) is 5. The molecule has 0 unspecified atom stereocenters. The van der Waals surface area contributed by atoms with Gasteiger partial charge in [-0.1, -0.05) is 12.1 Å². The summed E-state index contributed by atoms with van der Waals surface area (Å²) in [6.07, 6.45) is 0. The second-order valence-electron chi connectivity index (χ2n) is 6.50. The standard InChI is InChI=1S/C19H21N5O/c1-23-10-12-24(13-11-23)18-16-4-2-3-5-17(16)21-19(22-18)20-14-6-8-15(25)9-7-14/h2-9,25H,10-13H2,1H3,(H,20,21,22)/p+1. The summed E-state index contributed by atoms with van der Waals surface area (Å²) in [7, 11) is 2.23. The Labute approximate surface area is 146 Å². The molecule has 6 heteroatoms. The average Bonchev–Trinajstić information content (AvgIpc) is 2.64. The molecule has 3 N–H and O–H groups in total. The van der Waals surface area contributed by atoms with Crippen LogP contribution in [-0.4, -0.2) is 48.3 Å². The van der Waals surface area contributed by atoms with Crippen LogP contribution >= 0.6 is 0 Å². The number of aromatic hydroxyl groups is 1. The highest BCUT2D eigenvalue weighted by atomic mass is 16.3. The fraction of sp³-hybridized carbons (Fsp3) is 0.263. The van der Waals surface area contributed by atoms with E-state index in [9.17, 15) is 5.11 Å². The van der Waals surface area contributed by atoms with Crippen molar-refractivity contribution in [2.75, 3.05) is 43.4 Å². The van der Waals surface area contributed by atoms with Crippen LogP contribution in [0.25, 0.3) is 10.9 Å². The number of phenols is 1. The Morgan fingerprint density at radius 3 is 2.48 bits per heavy atom. The summed E-state index contributed by atoms with van der Waals surface area (Å²) < 4.78 is 0. The van der Waals surface area contributed by atoms with Gasteiger partial charge >= 0.3 is 0 Å². The van der Waals surface area contributed by atoms with Crippen LogP contribution in [0.1, 0.15) is 0 Å². The van der Waals surface area contributed by atoms with Gasteiger partial charge in [-0.15, -0.1) is 0 Å². The first-order valence-corrected chi connectivity index (χ1v) is 8.58. The molecule has 1 saturated heterocycles.